The van der Waals surface area contributed by atoms with Crippen LogP contribution in [-0.2, 0) is 52.5 Å². The van der Waals surface area contributed by atoms with Crippen LogP contribution in [0.3, 0.4) is 0 Å². The van der Waals surface area contributed by atoms with Gasteiger partial charge in [0, 0.05) is 34.6 Å². The summed E-state index contributed by atoms with van der Waals surface area (Å²) in [4.78, 5) is 68.5. The molecule has 27 heavy (non-hydrogen) atoms. The van der Waals surface area contributed by atoms with Crippen LogP contribution in [0.4, 0.5) is 0 Å². The Morgan fingerprint density at radius 2 is 1.11 bits per heavy atom. The van der Waals surface area contributed by atoms with E-state index in [1.54, 1.807) is 0 Å². The lowest BCUT2D eigenvalue weighted by molar-refractivity contribution is -0.191. The summed E-state index contributed by atoms with van der Waals surface area (Å²) in [7, 11) is 0. The normalized spacial score (nSPS) is 13.4. The number of carbonyl (C=O) groups excluding carboxylic acids is 6. The minimum absolute atomic E-state index is 0.578. The molecule has 0 N–H and O–H groups in total. The van der Waals surface area contributed by atoms with Gasteiger partial charge < -0.3 is 23.7 Å². The fourth-order valence-corrected chi connectivity index (χ4v) is 1.88. The zero-order chi connectivity index (χ0) is 21.1. The third-order valence-corrected chi connectivity index (χ3v) is 2.76. The smallest absolute Gasteiger partial charge is 0.303 e. The topological polar surface area (TPSA) is 149 Å². The lowest BCUT2D eigenvalue weighted by atomic mass is 10.0. The highest BCUT2D eigenvalue weighted by atomic mass is 16.6. The third-order valence-electron chi connectivity index (χ3n) is 2.76. The van der Waals surface area contributed by atoms with Crippen molar-refractivity contribution in [3.05, 3.63) is 0 Å². The summed E-state index contributed by atoms with van der Waals surface area (Å²) < 4.78 is 24.2. The lowest BCUT2D eigenvalue weighted by Crippen LogP contribution is -2.51. The summed E-state index contributed by atoms with van der Waals surface area (Å²) in [5.74, 6) is -5.08. The Balaban J connectivity index is 5.80. The predicted octanol–water partition coefficient (Wildman–Crippen LogP) is -0.523. The molecule has 0 heterocycles. The molecule has 0 saturated heterocycles. The molecule has 0 aliphatic carbocycles. The molecular formula is C16H22O11. The molecule has 0 saturated carbocycles. The number of Topliss-reactive ketones (excluding diaryl/α,β-unsaturated/α-hetero) is 1. The minimum Gasteiger partial charge on any atom is -0.462 e. The molecule has 0 aromatic heterocycles. The molecule has 0 unspecified atom stereocenters. The first-order chi connectivity index (χ1) is 12.4. The van der Waals surface area contributed by atoms with E-state index in [0.29, 0.717) is 0 Å². The number of esters is 5. The van der Waals surface area contributed by atoms with Crippen LogP contribution in [-0.4, -0.2) is 67.2 Å². The van der Waals surface area contributed by atoms with Gasteiger partial charge in [0.15, 0.2) is 18.8 Å². The molecule has 0 aromatic rings. The molecule has 0 bridgehead atoms. The van der Waals surface area contributed by atoms with Crippen LogP contribution in [0.2, 0.25) is 0 Å². The summed E-state index contributed by atoms with van der Waals surface area (Å²) >= 11 is 0. The van der Waals surface area contributed by atoms with Crippen LogP contribution in [0.5, 0.6) is 0 Å². The van der Waals surface area contributed by atoms with Gasteiger partial charge >= 0.3 is 29.8 Å². The highest BCUT2D eigenvalue weighted by molar-refractivity contribution is 5.88. The Labute approximate surface area is 155 Å². The Morgan fingerprint density at radius 1 is 0.630 bits per heavy atom. The van der Waals surface area contributed by atoms with Crippen molar-refractivity contribution in [2.24, 2.45) is 0 Å². The van der Waals surface area contributed by atoms with Crippen molar-refractivity contribution >= 4 is 35.6 Å². The fraction of sp³-hybridized carbons (Fsp3) is 0.625. The minimum atomic E-state index is -1.77. The maximum absolute atomic E-state index is 12.3. The maximum Gasteiger partial charge on any atom is 0.303 e. The molecule has 0 fully saturated rings. The average Bonchev–Trinajstić information content (AvgIpc) is 2.51. The predicted molar refractivity (Wildman–Crippen MR) is 84.9 cm³/mol. The van der Waals surface area contributed by atoms with E-state index in [1.807, 2.05) is 0 Å². The number of carbonyl (C=O) groups is 6. The van der Waals surface area contributed by atoms with E-state index in [1.165, 1.54) is 0 Å². The SMILES string of the molecule is CC(=O)OCC(=O)[C@H](OC(C)=O)[C@H](OC(C)=O)[C@@H](COC(C)=O)OC(C)=O. The average molecular weight is 390 g/mol. The molecule has 0 aromatic carbocycles. The van der Waals surface area contributed by atoms with Crippen LogP contribution in [0.1, 0.15) is 34.6 Å². The standard InChI is InChI=1S/C16H22O11/c1-8(17)23-6-13(22)15(26-11(4)20)16(27-12(5)21)14(25-10(3)19)7-24-9(2)18/h14-16H,6-7H2,1-5H3/t14-,15+,16-/m1/s1. The van der Waals surface area contributed by atoms with Gasteiger partial charge in [-0.25, -0.2) is 0 Å². The molecular weight excluding hydrogens is 368 g/mol. The first-order valence-electron chi connectivity index (χ1n) is 7.75. The number of ether oxygens (including phenoxy) is 5. The molecule has 0 amide bonds. The van der Waals surface area contributed by atoms with Gasteiger partial charge in [-0.05, 0) is 0 Å². The molecule has 3 atom stereocenters. The monoisotopic (exact) mass is 390 g/mol. The molecule has 152 valence electrons. The second-order valence-corrected chi connectivity index (χ2v) is 5.30. The molecule has 0 aliphatic heterocycles. The van der Waals surface area contributed by atoms with E-state index in [-0.39, 0.29) is 0 Å². The number of hydrogen-bond donors (Lipinski definition) is 0. The van der Waals surface area contributed by atoms with Gasteiger partial charge in [0.1, 0.15) is 6.61 Å². The van der Waals surface area contributed by atoms with Gasteiger partial charge in [0.25, 0.3) is 0 Å². The van der Waals surface area contributed by atoms with E-state index >= 15 is 0 Å². The van der Waals surface area contributed by atoms with E-state index in [2.05, 4.69) is 4.74 Å². The zero-order valence-corrected chi connectivity index (χ0v) is 15.6. The highest BCUT2D eigenvalue weighted by Gasteiger charge is 2.42. The van der Waals surface area contributed by atoms with Crippen molar-refractivity contribution in [3.8, 4) is 0 Å². The van der Waals surface area contributed by atoms with Gasteiger partial charge in [-0.15, -0.1) is 0 Å². The molecule has 0 aliphatic rings. The Bertz CT molecular complexity index is 595. The summed E-state index contributed by atoms with van der Waals surface area (Å²) in [5.41, 5.74) is 0. The van der Waals surface area contributed by atoms with Gasteiger partial charge in [-0.2, -0.15) is 0 Å². The number of hydrogen-bond acceptors (Lipinski definition) is 11. The molecule has 11 nitrogen and oxygen atoms in total. The summed E-state index contributed by atoms with van der Waals surface area (Å²) in [6.45, 7) is 3.81. The first-order valence-corrected chi connectivity index (χ1v) is 7.75. The van der Waals surface area contributed by atoms with E-state index in [4.69, 9.17) is 18.9 Å². The van der Waals surface area contributed by atoms with Crippen LogP contribution in [0.25, 0.3) is 0 Å². The van der Waals surface area contributed by atoms with E-state index < -0.39 is 67.2 Å². The van der Waals surface area contributed by atoms with Gasteiger partial charge in [0.2, 0.25) is 11.9 Å². The van der Waals surface area contributed by atoms with Gasteiger partial charge in [0.05, 0.1) is 0 Å². The van der Waals surface area contributed by atoms with Crippen molar-refractivity contribution in [1.29, 1.82) is 0 Å². The van der Waals surface area contributed by atoms with Crippen LogP contribution < -0.4 is 0 Å². The molecule has 0 rings (SSSR count). The van der Waals surface area contributed by atoms with Crippen molar-refractivity contribution in [2.75, 3.05) is 13.2 Å². The van der Waals surface area contributed by atoms with Crippen LogP contribution in [0.15, 0.2) is 0 Å². The fourth-order valence-electron chi connectivity index (χ4n) is 1.88. The number of rotatable bonds is 10. The second-order valence-electron chi connectivity index (χ2n) is 5.30. The Morgan fingerprint density at radius 3 is 1.52 bits per heavy atom. The van der Waals surface area contributed by atoms with Crippen LogP contribution >= 0.6 is 0 Å². The summed E-state index contributed by atoms with van der Waals surface area (Å²) in [6.07, 6.45) is -4.87. The third kappa shape index (κ3) is 10.6. The first kappa shape index (κ1) is 24.0. The van der Waals surface area contributed by atoms with Crippen molar-refractivity contribution in [1.82, 2.24) is 0 Å². The maximum atomic E-state index is 12.3. The Kier molecular flexibility index (Phi) is 10.3. The quantitative estimate of drug-likeness (QED) is 0.350. The van der Waals surface area contributed by atoms with Gasteiger partial charge in [-0.1, -0.05) is 0 Å². The van der Waals surface area contributed by atoms with Gasteiger partial charge in [-0.3, -0.25) is 28.8 Å². The van der Waals surface area contributed by atoms with Crippen molar-refractivity contribution in [3.63, 3.8) is 0 Å². The highest BCUT2D eigenvalue weighted by Crippen LogP contribution is 2.16. The summed E-state index contributed by atoms with van der Waals surface area (Å²) in [6, 6.07) is 0. The van der Waals surface area contributed by atoms with E-state index in [0.717, 1.165) is 34.6 Å². The number of ketones is 1. The van der Waals surface area contributed by atoms with Crippen molar-refractivity contribution < 1.29 is 52.5 Å². The Hall–Kier alpha value is -2.98. The largest absolute Gasteiger partial charge is 0.462 e. The lowest BCUT2D eigenvalue weighted by Gasteiger charge is -2.30. The van der Waals surface area contributed by atoms with Crippen LogP contribution in [0, 0.1) is 0 Å². The molecule has 0 radical (unpaired) electrons. The zero-order valence-electron chi connectivity index (χ0n) is 15.6. The molecule has 11 heteroatoms. The second kappa shape index (κ2) is 11.6. The van der Waals surface area contributed by atoms with Crippen molar-refractivity contribution in [2.45, 2.75) is 52.9 Å². The molecule has 0 spiro atoms. The van der Waals surface area contributed by atoms with E-state index in [9.17, 15) is 28.8 Å². The summed E-state index contributed by atoms with van der Waals surface area (Å²) in [5, 5.41) is 0.